The molecule has 4 aliphatic rings. The quantitative estimate of drug-likeness (QED) is 0.697. The monoisotopic (exact) mass is 435 g/mol. The molecular formula is C24H22ClN3O3. The Balaban J connectivity index is 1.56. The molecule has 4 heterocycles. The Kier molecular flexibility index (Phi) is 3.79. The molecule has 0 aliphatic carbocycles. The van der Waals surface area contributed by atoms with Crippen LogP contribution in [0.2, 0.25) is 5.02 Å². The van der Waals surface area contributed by atoms with Gasteiger partial charge in [0.2, 0.25) is 17.7 Å². The number of halogens is 1. The van der Waals surface area contributed by atoms with Crippen LogP contribution in [0.3, 0.4) is 0 Å². The first-order valence-corrected chi connectivity index (χ1v) is 11.1. The van der Waals surface area contributed by atoms with Gasteiger partial charge in [-0.1, -0.05) is 23.7 Å². The predicted octanol–water partition coefficient (Wildman–Crippen LogP) is 3.39. The summed E-state index contributed by atoms with van der Waals surface area (Å²) in [7, 11) is 0. The first-order chi connectivity index (χ1) is 14.9. The van der Waals surface area contributed by atoms with E-state index in [0.29, 0.717) is 17.3 Å². The molecule has 0 saturated carbocycles. The highest BCUT2D eigenvalue weighted by atomic mass is 35.5. The molecule has 3 amide bonds. The van der Waals surface area contributed by atoms with Crippen LogP contribution in [0.4, 0.5) is 11.4 Å². The second kappa shape index (κ2) is 6.17. The van der Waals surface area contributed by atoms with Gasteiger partial charge in [-0.15, -0.1) is 0 Å². The third-order valence-electron chi connectivity index (χ3n) is 7.78. The molecule has 7 heteroatoms. The number of rotatable bonds is 1. The van der Waals surface area contributed by atoms with Crippen LogP contribution in [-0.4, -0.2) is 35.2 Å². The second-order valence-electron chi connectivity index (χ2n) is 9.05. The van der Waals surface area contributed by atoms with E-state index in [9.17, 15) is 14.4 Å². The molecule has 4 aliphatic heterocycles. The Morgan fingerprint density at radius 3 is 2.52 bits per heavy atom. The number of nitrogens with zero attached hydrogens (tertiary/aromatic N) is 2. The molecule has 0 bridgehead atoms. The van der Waals surface area contributed by atoms with Crippen LogP contribution in [0.1, 0.15) is 29.5 Å². The maximum absolute atomic E-state index is 13.8. The molecule has 3 fully saturated rings. The van der Waals surface area contributed by atoms with Gasteiger partial charge in [-0.3, -0.25) is 19.3 Å². The number of anilines is 2. The van der Waals surface area contributed by atoms with Crippen molar-refractivity contribution < 1.29 is 14.4 Å². The Morgan fingerprint density at radius 1 is 1.03 bits per heavy atom. The summed E-state index contributed by atoms with van der Waals surface area (Å²) in [6.45, 7) is 4.71. The lowest BCUT2D eigenvalue weighted by atomic mass is 9.75. The van der Waals surface area contributed by atoms with Crippen LogP contribution in [0.5, 0.6) is 0 Å². The van der Waals surface area contributed by atoms with Gasteiger partial charge in [0.05, 0.1) is 17.5 Å². The van der Waals surface area contributed by atoms with Crippen molar-refractivity contribution in [2.45, 2.75) is 38.3 Å². The van der Waals surface area contributed by atoms with Gasteiger partial charge in [-0.25, -0.2) is 4.90 Å². The molecule has 4 atom stereocenters. The van der Waals surface area contributed by atoms with Gasteiger partial charge >= 0.3 is 0 Å². The zero-order valence-corrected chi connectivity index (χ0v) is 18.1. The fourth-order valence-electron chi connectivity index (χ4n) is 6.36. The van der Waals surface area contributed by atoms with Gasteiger partial charge < -0.3 is 5.32 Å². The molecular weight excluding hydrogens is 414 g/mol. The van der Waals surface area contributed by atoms with Crippen LogP contribution < -0.4 is 10.2 Å². The van der Waals surface area contributed by atoms with E-state index >= 15 is 0 Å². The van der Waals surface area contributed by atoms with Crippen LogP contribution in [0.15, 0.2) is 36.4 Å². The molecule has 0 radical (unpaired) electrons. The Labute approximate surface area is 185 Å². The Bertz CT molecular complexity index is 1180. The lowest BCUT2D eigenvalue weighted by Crippen LogP contribution is -2.54. The summed E-state index contributed by atoms with van der Waals surface area (Å²) in [6, 6.07) is 10.6. The second-order valence-corrected chi connectivity index (χ2v) is 9.48. The number of aryl methyl sites for hydroxylation is 1. The maximum Gasteiger partial charge on any atom is 0.250 e. The molecule has 0 aromatic heterocycles. The van der Waals surface area contributed by atoms with Crippen molar-refractivity contribution in [3.63, 3.8) is 0 Å². The van der Waals surface area contributed by atoms with E-state index < -0.39 is 17.4 Å². The Hall–Kier alpha value is -2.70. The van der Waals surface area contributed by atoms with E-state index in [2.05, 4.69) is 10.2 Å². The lowest BCUT2D eigenvalue weighted by Gasteiger charge is -2.36. The predicted molar refractivity (Wildman–Crippen MR) is 117 cm³/mol. The summed E-state index contributed by atoms with van der Waals surface area (Å²) >= 11 is 6.01. The number of nitrogens with one attached hydrogen (secondary N) is 1. The number of carbonyl (C=O) groups excluding carboxylic acids is 3. The van der Waals surface area contributed by atoms with Crippen molar-refractivity contribution in [1.82, 2.24) is 4.90 Å². The molecule has 6 rings (SSSR count). The highest BCUT2D eigenvalue weighted by molar-refractivity contribution is 6.31. The minimum absolute atomic E-state index is 0.114. The largest absolute Gasteiger partial charge is 0.324 e. The van der Waals surface area contributed by atoms with Crippen molar-refractivity contribution >= 4 is 40.7 Å². The normalized spacial score (nSPS) is 31.4. The summed E-state index contributed by atoms with van der Waals surface area (Å²) in [5.41, 5.74) is 3.09. The summed E-state index contributed by atoms with van der Waals surface area (Å²) in [6.07, 6.45) is 1.72. The molecule has 2 aromatic rings. The number of benzene rings is 2. The molecule has 4 unspecified atom stereocenters. The number of imide groups is 1. The summed E-state index contributed by atoms with van der Waals surface area (Å²) in [5, 5.41) is 3.62. The van der Waals surface area contributed by atoms with Crippen LogP contribution in [0.25, 0.3) is 0 Å². The van der Waals surface area contributed by atoms with Gasteiger partial charge in [-0.05, 0) is 68.6 Å². The van der Waals surface area contributed by atoms with Gasteiger partial charge in [0.1, 0.15) is 5.54 Å². The van der Waals surface area contributed by atoms with Crippen molar-refractivity contribution in [1.29, 1.82) is 0 Å². The summed E-state index contributed by atoms with van der Waals surface area (Å²) < 4.78 is 0. The highest BCUT2D eigenvalue weighted by Crippen LogP contribution is 2.61. The van der Waals surface area contributed by atoms with Gasteiger partial charge in [0.25, 0.3) is 0 Å². The van der Waals surface area contributed by atoms with E-state index in [4.69, 9.17) is 11.6 Å². The first kappa shape index (κ1) is 19.0. The topological polar surface area (TPSA) is 69.7 Å². The lowest BCUT2D eigenvalue weighted by molar-refractivity contribution is -0.135. The molecule has 158 valence electrons. The van der Waals surface area contributed by atoms with Gasteiger partial charge in [-0.2, -0.15) is 0 Å². The van der Waals surface area contributed by atoms with Crippen molar-refractivity contribution in [2.75, 3.05) is 16.8 Å². The zero-order valence-electron chi connectivity index (χ0n) is 17.3. The first-order valence-electron chi connectivity index (χ1n) is 10.7. The van der Waals surface area contributed by atoms with E-state index in [0.717, 1.165) is 35.2 Å². The zero-order chi connectivity index (χ0) is 21.7. The maximum atomic E-state index is 13.8. The fourth-order valence-corrected chi connectivity index (χ4v) is 6.49. The third kappa shape index (κ3) is 2.14. The molecule has 31 heavy (non-hydrogen) atoms. The Morgan fingerprint density at radius 2 is 1.77 bits per heavy atom. The molecule has 1 N–H and O–H groups in total. The highest BCUT2D eigenvalue weighted by Gasteiger charge is 2.74. The van der Waals surface area contributed by atoms with E-state index in [1.54, 1.807) is 24.3 Å². The van der Waals surface area contributed by atoms with Gasteiger partial charge in [0.15, 0.2) is 0 Å². The van der Waals surface area contributed by atoms with E-state index in [-0.39, 0.29) is 23.8 Å². The molecule has 2 aromatic carbocycles. The number of hydrogen-bond acceptors (Lipinski definition) is 4. The molecule has 6 nitrogen and oxygen atoms in total. The average molecular weight is 436 g/mol. The smallest absolute Gasteiger partial charge is 0.250 e. The van der Waals surface area contributed by atoms with Crippen molar-refractivity contribution in [2.24, 2.45) is 11.8 Å². The number of carbonyl (C=O) groups is 3. The summed E-state index contributed by atoms with van der Waals surface area (Å²) in [4.78, 5) is 44.6. The number of hydrogen-bond donors (Lipinski definition) is 1. The molecule has 1 spiro atoms. The van der Waals surface area contributed by atoms with Gasteiger partial charge in [0, 0.05) is 22.3 Å². The standard InChI is InChI=1S/C24H22ClN3O3/c1-12-5-10-16-20(13(12)2)26-23(31)24(16)19-18(17-4-3-11-27(17)24)21(29)28(22(19)30)15-8-6-14(25)7-9-15/h5-10,17-19H,3-4,11H2,1-2H3,(H,26,31). The van der Waals surface area contributed by atoms with Crippen LogP contribution >= 0.6 is 11.6 Å². The minimum Gasteiger partial charge on any atom is -0.324 e. The minimum atomic E-state index is -1.13. The number of amides is 3. The van der Waals surface area contributed by atoms with Crippen molar-refractivity contribution in [3.05, 3.63) is 58.1 Å². The summed E-state index contributed by atoms with van der Waals surface area (Å²) in [5.74, 6) is -1.95. The van der Waals surface area contributed by atoms with Crippen molar-refractivity contribution in [3.8, 4) is 0 Å². The fraction of sp³-hybridized carbons (Fsp3) is 0.375. The SMILES string of the molecule is Cc1ccc2c(c1C)NC(=O)C21C2C(=O)N(c3ccc(Cl)cc3)C(=O)C2C2CCCN21. The third-order valence-corrected chi connectivity index (χ3v) is 8.04. The van der Waals surface area contributed by atoms with Crippen LogP contribution in [0, 0.1) is 25.7 Å². The van der Waals surface area contributed by atoms with Crippen LogP contribution in [-0.2, 0) is 19.9 Å². The van der Waals surface area contributed by atoms with E-state index in [1.807, 2.05) is 26.0 Å². The molecule has 3 saturated heterocycles. The number of fused-ring (bicyclic) bond motifs is 7. The van der Waals surface area contributed by atoms with E-state index in [1.165, 1.54) is 4.90 Å². The average Bonchev–Trinajstić information content (AvgIpc) is 3.45.